The quantitative estimate of drug-likeness (QED) is 0.535. The minimum atomic E-state index is -3.89. The lowest BCUT2D eigenvalue weighted by Gasteiger charge is -2.26. The highest BCUT2D eigenvalue weighted by molar-refractivity contribution is 7.89. The predicted molar refractivity (Wildman–Crippen MR) is 130 cm³/mol. The third kappa shape index (κ3) is 5.28. The number of carbonyl (C=O) groups excluding carboxylic acids is 2. The van der Waals surface area contributed by atoms with E-state index in [2.05, 4.69) is 10.6 Å². The molecule has 176 valence electrons. The van der Waals surface area contributed by atoms with Crippen LogP contribution in [0, 0.1) is 0 Å². The van der Waals surface area contributed by atoms with Crippen molar-refractivity contribution in [2.75, 3.05) is 36.9 Å². The second kappa shape index (κ2) is 10.4. The number of sulfonamides is 1. The van der Waals surface area contributed by atoms with Gasteiger partial charge >= 0.3 is 0 Å². The Morgan fingerprint density at radius 3 is 1.97 bits per heavy atom. The Balaban J connectivity index is 1.56. The lowest BCUT2D eigenvalue weighted by molar-refractivity contribution is 0.0730. The van der Waals surface area contributed by atoms with E-state index in [1.165, 1.54) is 22.5 Å². The van der Waals surface area contributed by atoms with Crippen LogP contribution in [0.15, 0.2) is 77.7 Å². The lowest BCUT2D eigenvalue weighted by Crippen LogP contribution is -2.40. The SMILES string of the molecule is O=C(Nc1ccccc1NC(=O)c1ccc(Cl)c(S(=O)(=O)N2CCOCC2)c1)c1ccccc1. The molecule has 1 heterocycles. The van der Waals surface area contributed by atoms with Gasteiger partial charge < -0.3 is 15.4 Å². The van der Waals surface area contributed by atoms with Gasteiger partial charge in [0.25, 0.3) is 11.8 Å². The van der Waals surface area contributed by atoms with Crippen LogP contribution in [0.1, 0.15) is 20.7 Å². The first-order valence-electron chi connectivity index (χ1n) is 10.5. The first-order valence-corrected chi connectivity index (χ1v) is 12.3. The van der Waals surface area contributed by atoms with Crippen molar-refractivity contribution in [1.29, 1.82) is 0 Å². The van der Waals surface area contributed by atoms with Crippen molar-refractivity contribution < 1.29 is 22.7 Å². The van der Waals surface area contributed by atoms with Gasteiger partial charge in [-0.3, -0.25) is 9.59 Å². The zero-order valence-corrected chi connectivity index (χ0v) is 19.6. The number of anilines is 2. The highest BCUT2D eigenvalue weighted by atomic mass is 35.5. The van der Waals surface area contributed by atoms with E-state index in [9.17, 15) is 18.0 Å². The van der Waals surface area contributed by atoms with Crippen molar-refractivity contribution in [1.82, 2.24) is 4.31 Å². The summed E-state index contributed by atoms with van der Waals surface area (Å²) < 4.78 is 32.6. The molecule has 1 aliphatic rings. The number of hydrogen-bond donors (Lipinski definition) is 2. The van der Waals surface area contributed by atoms with Crippen molar-refractivity contribution >= 4 is 44.8 Å². The molecule has 2 N–H and O–H groups in total. The van der Waals surface area contributed by atoms with Gasteiger partial charge in [0.1, 0.15) is 4.90 Å². The molecule has 10 heteroatoms. The maximum Gasteiger partial charge on any atom is 0.255 e. The standard InChI is InChI=1S/C24H22ClN3O5S/c25-19-11-10-18(16-22(19)34(31,32)28-12-14-33-15-13-28)24(30)27-21-9-5-4-8-20(21)26-23(29)17-6-2-1-3-7-17/h1-11,16H,12-15H2,(H,26,29)(H,27,30). The van der Waals surface area contributed by atoms with Gasteiger partial charge in [0.05, 0.1) is 29.6 Å². The number of nitrogens with one attached hydrogen (secondary N) is 2. The van der Waals surface area contributed by atoms with Crippen molar-refractivity contribution in [2.45, 2.75) is 4.90 Å². The molecule has 0 aromatic heterocycles. The summed E-state index contributed by atoms with van der Waals surface area (Å²) >= 11 is 6.19. The molecule has 1 saturated heterocycles. The molecule has 3 aromatic carbocycles. The Morgan fingerprint density at radius 2 is 1.35 bits per heavy atom. The van der Waals surface area contributed by atoms with E-state index in [0.717, 1.165) is 0 Å². The number of ether oxygens (including phenoxy) is 1. The summed E-state index contributed by atoms with van der Waals surface area (Å²) in [5, 5.41) is 5.54. The van der Waals surface area contributed by atoms with Crippen LogP contribution in [-0.4, -0.2) is 50.8 Å². The fourth-order valence-corrected chi connectivity index (χ4v) is 5.36. The van der Waals surface area contributed by atoms with Crippen molar-refractivity contribution in [3.63, 3.8) is 0 Å². The summed E-state index contributed by atoms with van der Waals surface area (Å²) in [5.41, 5.74) is 1.35. The van der Waals surface area contributed by atoms with Crippen molar-refractivity contribution in [3.8, 4) is 0 Å². The summed E-state index contributed by atoms with van der Waals surface area (Å²) in [6, 6.07) is 19.5. The van der Waals surface area contributed by atoms with Crippen molar-refractivity contribution in [3.05, 3.63) is 88.9 Å². The smallest absolute Gasteiger partial charge is 0.255 e. The number of rotatable bonds is 6. The van der Waals surface area contributed by atoms with Gasteiger partial charge in [0.15, 0.2) is 0 Å². The Labute approximate surface area is 202 Å². The Hall–Kier alpha value is -3.24. The molecule has 1 fully saturated rings. The van der Waals surface area contributed by atoms with Crippen molar-refractivity contribution in [2.24, 2.45) is 0 Å². The van der Waals surface area contributed by atoms with Crippen LogP contribution < -0.4 is 10.6 Å². The Bertz CT molecular complexity index is 1310. The van der Waals surface area contributed by atoms with E-state index in [1.54, 1.807) is 48.5 Å². The average Bonchev–Trinajstić information content (AvgIpc) is 2.86. The number of carbonyl (C=O) groups is 2. The highest BCUT2D eigenvalue weighted by Crippen LogP contribution is 2.28. The summed E-state index contributed by atoms with van der Waals surface area (Å²) in [7, 11) is -3.89. The maximum atomic E-state index is 13.1. The second-order valence-corrected chi connectivity index (χ2v) is 9.80. The van der Waals surface area contributed by atoms with Crippen LogP contribution >= 0.6 is 11.6 Å². The average molecular weight is 500 g/mol. The van der Waals surface area contributed by atoms with Gasteiger partial charge in [-0.25, -0.2) is 8.42 Å². The molecule has 3 aromatic rings. The van der Waals surface area contributed by atoms with Gasteiger partial charge in [0, 0.05) is 24.2 Å². The molecule has 34 heavy (non-hydrogen) atoms. The fraction of sp³-hybridized carbons (Fsp3) is 0.167. The van der Waals surface area contributed by atoms with E-state index >= 15 is 0 Å². The molecule has 0 bridgehead atoms. The van der Waals surface area contributed by atoms with Gasteiger partial charge in [0.2, 0.25) is 10.0 Å². The molecule has 0 saturated carbocycles. The first-order chi connectivity index (χ1) is 16.4. The zero-order chi connectivity index (χ0) is 24.1. The van der Waals surface area contributed by atoms with E-state index in [-0.39, 0.29) is 34.5 Å². The van der Waals surface area contributed by atoms with Gasteiger partial charge in [-0.1, -0.05) is 41.9 Å². The van der Waals surface area contributed by atoms with Crippen LogP contribution in [0.25, 0.3) is 0 Å². The van der Waals surface area contributed by atoms with E-state index in [4.69, 9.17) is 16.3 Å². The lowest BCUT2D eigenvalue weighted by atomic mass is 10.2. The predicted octanol–water partition coefficient (Wildman–Crippen LogP) is 3.87. The number of benzene rings is 3. The topological polar surface area (TPSA) is 105 Å². The largest absolute Gasteiger partial charge is 0.379 e. The second-order valence-electron chi connectivity index (χ2n) is 7.48. The Kier molecular flexibility index (Phi) is 7.28. The van der Waals surface area contributed by atoms with Crippen LogP contribution in [0.3, 0.4) is 0 Å². The molecule has 0 radical (unpaired) electrons. The molecule has 0 spiro atoms. The van der Waals surface area contributed by atoms with Crippen LogP contribution in [0.4, 0.5) is 11.4 Å². The van der Waals surface area contributed by atoms with Crippen LogP contribution in [0.5, 0.6) is 0 Å². The summed E-state index contributed by atoms with van der Waals surface area (Å²) in [5.74, 6) is -0.871. The number of hydrogen-bond acceptors (Lipinski definition) is 5. The van der Waals surface area contributed by atoms with E-state index < -0.39 is 15.9 Å². The molecular formula is C24H22ClN3O5S. The first kappa shape index (κ1) is 23.9. The normalized spacial score (nSPS) is 14.4. The maximum absolute atomic E-state index is 13.1. The van der Waals surface area contributed by atoms with Gasteiger partial charge in [-0.05, 0) is 42.5 Å². The fourth-order valence-electron chi connectivity index (χ4n) is 3.45. The minimum absolute atomic E-state index is 0.0265. The Morgan fingerprint density at radius 1 is 0.794 bits per heavy atom. The number of amides is 2. The van der Waals surface area contributed by atoms with Gasteiger partial charge in [-0.2, -0.15) is 4.31 Å². The third-order valence-electron chi connectivity index (χ3n) is 5.24. The van der Waals surface area contributed by atoms with Crippen LogP contribution in [0.2, 0.25) is 5.02 Å². The summed E-state index contributed by atoms with van der Waals surface area (Å²) in [6.07, 6.45) is 0. The molecule has 0 atom stereocenters. The molecule has 0 aliphatic carbocycles. The molecule has 0 unspecified atom stereocenters. The van der Waals surface area contributed by atoms with Crippen LogP contribution in [-0.2, 0) is 14.8 Å². The third-order valence-corrected chi connectivity index (χ3v) is 7.62. The number of nitrogens with zero attached hydrogens (tertiary/aromatic N) is 1. The summed E-state index contributed by atoms with van der Waals surface area (Å²) in [4.78, 5) is 25.4. The van der Waals surface area contributed by atoms with Gasteiger partial charge in [-0.15, -0.1) is 0 Å². The molecular weight excluding hydrogens is 478 g/mol. The number of morpholine rings is 1. The van der Waals surface area contributed by atoms with E-state index in [0.29, 0.717) is 30.2 Å². The number of halogens is 1. The van der Waals surface area contributed by atoms with E-state index in [1.807, 2.05) is 6.07 Å². The minimum Gasteiger partial charge on any atom is -0.379 e. The zero-order valence-electron chi connectivity index (χ0n) is 18.0. The molecule has 4 rings (SSSR count). The molecule has 8 nitrogen and oxygen atoms in total. The number of para-hydroxylation sites is 2. The highest BCUT2D eigenvalue weighted by Gasteiger charge is 2.29. The summed E-state index contributed by atoms with van der Waals surface area (Å²) in [6.45, 7) is 1.01. The molecule has 1 aliphatic heterocycles. The molecule has 2 amide bonds. The monoisotopic (exact) mass is 499 g/mol.